The third-order valence-corrected chi connectivity index (χ3v) is 2.28. The molecule has 0 N–H and O–H groups in total. The first-order chi connectivity index (χ1) is 8.36. The Morgan fingerprint density at radius 3 is 1.37 bits per heavy atom. The zero-order chi connectivity index (χ0) is 15.1. The van der Waals surface area contributed by atoms with Crippen LogP contribution < -0.4 is 0 Å². The van der Waals surface area contributed by atoms with Gasteiger partial charge in [-0.1, -0.05) is 30.3 Å². The van der Waals surface area contributed by atoms with Gasteiger partial charge < -0.3 is 0 Å². The molecular weight excluding hydrogens is 291 g/mol. The standard InChI is InChI=1S/C10H5F9/c11-7(12,6-4-2-1-3-5-6)8(13,14)9(15,16)10(17,18)19/h1-5H. The van der Waals surface area contributed by atoms with E-state index in [4.69, 9.17) is 0 Å². The zero-order valence-electron chi connectivity index (χ0n) is 8.79. The van der Waals surface area contributed by atoms with E-state index in [-0.39, 0.29) is 0 Å². The van der Waals surface area contributed by atoms with Gasteiger partial charge in [0.2, 0.25) is 0 Å². The molecule has 0 aromatic heterocycles. The summed E-state index contributed by atoms with van der Waals surface area (Å²) >= 11 is 0. The first kappa shape index (κ1) is 15.6. The lowest BCUT2D eigenvalue weighted by Gasteiger charge is -2.33. The average molecular weight is 296 g/mol. The second-order valence-electron chi connectivity index (χ2n) is 3.59. The Morgan fingerprint density at radius 2 is 1.00 bits per heavy atom. The zero-order valence-corrected chi connectivity index (χ0v) is 8.79. The van der Waals surface area contributed by atoms with Crippen LogP contribution in [0.2, 0.25) is 0 Å². The molecule has 0 saturated heterocycles. The summed E-state index contributed by atoms with van der Waals surface area (Å²) in [7, 11) is 0. The van der Waals surface area contributed by atoms with Crippen molar-refractivity contribution >= 4 is 0 Å². The van der Waals surface area contributed by atoms with Crippen LogP contribution in [0.15, 0.2) is 30.3 Å². The van der Waals surface area contributed by atoms with E-state index < -0.39 is 29.5 Å². The molecule has 0 saturated carbocycles. The van der Waals surface area contributed by atoms with Gasteiger partial charge in [0, 0.05) is 5.56 Å². The second kappa shape index (κ2) is 4.31. The number of alkyl halides is 9. The molecule has 0 unspecified atom stereocenters. The highest BCUT2D eigenvalue weighted by atomic mass is 19.4. The van der Waals surface area contributed by atoms with E-state index in [1.807, 2.05) is 0 Å². The Kier molecular flexibility index (Phi) is 3.55. The summed E-state index contributed by atoms with van der Waals surface area (Å²) in [6.45, 7) is 0. The van der Waals surface area contributed by atoms with Crippen LogP contribution >= 0.6 is 0 Å². The van der Waals surface area contributed by atoms with E-state index in [9.17, 15) is 39.5 Å². The van der Waals surface area contributed by atoms with Crippen molar-refractivity contribution in [2.75, 3.05) is 0 Å². The van der Waals surface area contributed by atoms with Crippen LogP contribution in [0, 0.1) is 0 Å². The Hall–Kier alpha value is -1.41. The number of hydrogen-bond donors (Lipinski definition) is 0. The van der Waals surface area contributed by atoms with Crippen LogP contribution in [-0.4, -0.2) is 18.0 Å². The minimum atomic E-state index is -6.86. The molecule has 0 spiro atoms. The lowest BCUT2D eigenvalue weighted by atomic mass is 9.97. The van der Waals surface area contributed by atoms with Gasteiger partial charge in [-0.15, -0.1) is 0 Å². The number of benzene rings is 1. The van der Waals surface area contributed by atoms with Gasteiger partial charge in [0.25, 0.3) is 0 Å². The van der Waals surface area contributed by atoms with Crippen LogP contribution in [0.25, 0.3) is 0 Å². The summed E-state index contributed by atoms with van der Waals surface area (Å²) in [6.07, 6.45) is -6.80. The molecule has 0 radical (unpaired) electrons. The first-order valence-electron chi connectivity index (χ1n) is 4.61. The van der Waals surface area contributed by atoms with E-state index in [1.165, 1.54) is 0 Å². The van der Waals surface area contributed by atoms with Crippen molar-refractivity contribution in [1.29, 1.82) is 0 Å². The Labute approximate surface area is 100 Å². The highest BCUT2D eigenvalue weighted by Gasteiger charge is 2.81. The van der Waals surface area contributed by atoms with Crippen LogP contribution in [0.4, 0.5) is 39.5 Å². The monoisotopic (exact) mass is 296 g/mol. The molecule has 0 heterocycles. The predicted octanol–water partition coefficient (Wildman–Crippen LogP) is 4.61. The van der Waals surface area contributed by atoms with Crippen molar-refractivity contribution in [1.82, 2.24) is 0 Å². The summed E-state index contributed by atoms with van der Waals surface area (Å²) in [5.41, 5.74) is -1.64. The van der Waals surface area contributed by atoms with Crippen molar-refractivity contribution in [2.45, 2.75) is 23.9 Å². The van der Waals surface area contributed by atoms with Gasteiger partial charge in [0.1, 0.15) is 0 Å². The molecule has 19 heavy (non-hydrogen) atoms. The molecule has 108 valence electrons. The Bertz CT molecular complexity index is 432. The molecule has 0 bridgehead atoms. The molecule has 1 rings (SSSR count). The number of rotatable bonds is 3. The SMILES string of the molecule is FC(F)(F)C(F)(F)C(F)(F)C(F)(F)c1ccccc1. The fourth-order valence-corrected chi connectivity index (χ4v) is 1.20. The van der Waals surface area contributed by atoms with Gasteiger partial charge in [-0.2, -0.15) is 39.5 Å². The highest BCUT2D eigenvalue weighted by molar-refractivity contribution is 5.24. The molecule has 9 heteroatoms. The third-order valence-electron chi connectivity index (χ3n) is 2.28. The molecular formula is C10H5F9. The fraction of sp³-hybridized carbons (Fsp3) is 0.400. The second-order valence-corrected chi connectivity index (χ2v) is 3.59. The van der Waals surface area contributed by atoms with Gasteiger partial charge in [-0.3, -0.25) is 0 Å². The molecule has 0 aliphatic carbocycles. The highest BCUT2D eigenvalue weighted by Crippen LogP contribution is 2.56. The molecule has 1 aromatic carbocycles. The van der Waals surface area contributed by atoms with Crippen LogP contribution in [0.3, 0.4) is 0 Å². The summed E-state index contributed by atoms with van der Waals surface area (Å²) in [5, 5.41) is 0. The van der Waals surface area contributed by atoms with Crippen molar-refractivity contribution in [3.8, 4) is 0 Å². The fourth-order valence-electron chi connectivity index (χ4n) is 1.20. The molecule has 0 fully saturated rings. The molecule has 0 nitrogen and oxygen atoms in total. The Morgan fingerprint density at radius 1 is 0.579 bits per heavy atom. The van der Waals surface area contributed by atoms with Gasteiger partial charge in [0.15, 0.2) is 0 Å². The normalized spacial score (nSPS) is 14.6. The molecule has 0 aliphatic rings. The largest absolute Gasteiger partial charge is 0.460 e. The maximum atomic E-state index is 13.2. The maximum absolute atomic E-state index is 13.2. The third kappa shape index (κ3) is 2.25. The minimum absolute atomic E-state index is 0.334. The van der Waals surface area contributed by atoms with Crippen molar-refractivity contribution in [2.24, 2.45) is 0 Å². The lowest BCUT2D eigenvalue weighted by molar-refractivity contribution is -0.399. The van der Waals surface area contributed by atoms with E-state index in [0.29, 0.717) is 12.1 Å². The topological polar surface area (TPSA) is 0 Å². The summed E-state index contributed by atoms with van der Waals surface area (Å²) in [5.74, 6) is -19.1. The quantitative estimate of drug-likeness (QED) is 0.714. The van der Waals surface area contributed by atoms with E-state index in [2.05, 4.69) is 0 Å². The summed E-state index contributed by atoms with van der Waals surface area (Å²) in [6, 6.07) is 3.40. The number of halogens is 9. The summed E-state index contributed by atoms with van der Waals surface area (Å²) < 4.78 is 113. The van der Waals surface area contributed by atoms with Crippen LogP contribution in [0.1, 0.15) is 5.56 Å². The first-order valence-corrected chi connectivity index (χ1v) is 4.61. The molecule has 1 aromatic rings. The van der Waals surface area contributed by atoms with Gasteiger partial charge in [0.05, 0.1) is 0 Å². The molecule has 0 atom stereocenters. The van der Waals surface area contributed by atoms with Gasteiger partial charge in [-0.05, 0) is 0 Å². The smallest absolute Gasteiger partial charge is 0.194 e. The van der Waals surface area contributed by atoms with E-state index >= 15 is 0 Å². The van der Waals surface area contributed by atoms with Gasteiger partial charge in [-0.25, -0.2) is 0 Å². The summed E-state index contributed by atoms with van der Waals surface area (Å²) in [4.78, 5) is 0. The van der Waals surface area contributed by atoms with Crippen molar-refractivity contribution in [3.05, 3.63) is 35.9 Å². The van der Waals surface area contributed by atoms with Crippen LogP contribution in [-0.2, 0) is 5.92 Å². The minimum Gasteiger partial charge on any atom is -0.194 e. The van der Waals surface area contributed by atoms with Crippen LogP contribution in [0.5, 0.6) is 0 Å². The van der Waals surface area contributed by atoms with Gasteiger partial charge >= 0.3 is 23.9 Å². The molecule has 0 aliphatic heterocycles. The Balaban J connectivity index is 3.34. The number of hydrogen-bond acceptors (Lipinski definition) is 0. The lowest BCUT2D eigenvalue weighted by Crippen LogP contribution is -2.59. The maximum Gasteiger partial charge on any atom is 0.460 e. The predicted molar refractivity (Wildman–Crippen MR) is 46.3 cm³/mol. The molecule has 0 amide bonds. The average Bonchev–Trinajstić information content (AvgIpc) is 2.28. The van der Waals surface area contributed by atoms with E-state index in [0.717, 1.165) is 18.2 Å². The van der Waals surface area contributed by atoms with Crippen molar-refractivity contribution in [3.63, 3.8) is 0 Å². The van der Waals surface area contributed by atoms with Crippen molar-refractivity contribution < 1.29 is 39.5 Å². The van der Waals surface area contributed by atoms with E-state index in [1.54, 1.807) is 0 Å².